The molecule has 2 aromatic heterocycles. The maximum atomic E-state index is 12.3. The third-order valence-corrected chi connectivity index (χ3v) is 4.48. The molecule has 0 saturated heterocycles. The number of nitrogens with zero attached hydrogens (tertiary/aromatic N) is 2. The average Bonchev–Trinajstić information content (AvgIpc) is 3.24. The van der Waals surface area contributed by atoms with Crippen LogP contribution in [0.25, 0.3) is 4.96 Å². The number of para-hydroxylation sites is 2. The molecule has 4 rings (SSSR count). The first-order valence-corrected chi connectivity index (χ1v) is 8.69. The quantitative estimate of drug-likeness (QED) is 0.590. The van der Waals surface area contributed by atoms with E-state index in [2.05, 4.69) is 10.3 Å². The van der Waals surface area contributed by atoms with Gasteiger partial charge in [0.1, 0.15) is 17.2 Å². The number of fused-ring (bicyclic) bond motifs is 1. The number of hydrogen-bond acceptors (Lipinski definition) is 4. The number of carbonyl (C=O) groups excluding carboxylic acids is 1. The highest BCUT2D eigenvalue weighted by atomic mass is 32.1. The zero-order valence-electron chi connectivity index (χ0n) is 13.3. The first-order chi connectivity index (χ1) is 12.3. The summed E-state index contributed by atoms with van der Waals surface area (Å²) in [6.45, 7) is 0.368. The lowest BCUT2D eigenvalue weighted by atomic mass is 10.2. The number of benzene rings is 2. The average molecular weight is 349 g/mol. The lowest BCUT2D eigenvalue weighted by molar-refractivity contribution is 0.0946. The Labute approximate surface area is 148 Å². The van der Waals surface area contributed by atoms with Crippen molar-refractivity contribution < 1.29 is 9.53 Å². The van der Waals surface area contributed by atoms with Crippen LogP contribution in [-0.4, -0.2) is 15.3 Å². The van der Waals surface area contributed by atoms with Crippen molar-refractivity contribution in [1.29, 1.82) is 0 Å². The van der Waals surface area contributed by atoms with Gasteiger partial charge in [-0.05, 0) is 18.2 Å². The highest BCUT2D eigenvalue weighted by molar-refractivity contribution is 7.15. The number of amides is 1. The van der Waals surface area contributed by atoms with Gasteiger partial charge < -0.3 is 10.1 Å². The first kappa shape index (κ1) is 15.4. The zero-order valence-corrected chi connectivity index (χ0v) is 14.1. The van der Waals surface area contributed by atoms with Crippen LogP contribution in [0.15, 0.2) is 72.4 Å². The van der Waals surface area contributed by atoms with Crippen LogP contribution in [0.5, 0.6) is 11.5 Å². The summed E-state index contributed by atoms with van der Waals surface area (Å²) in [7, 11) is 0. The van der Waals surface area contributed by atoms with E-state index in [1.54, 1.807) is 6.20 Å². The molecule has 0 atom stereocenters. The van der Waals surface area contributed by atoms with Crippen molar-refractivity contribution in [3.8, 4) is 11.5 Å². The molecule has 1 N–H and O–H groups in total. The van der Waals surface area contributed by atoms with E-state index in [1.165, 1.54) is 11.3 Å². The van der Waals surface area contributed by atoms with Crippen LogP contribution in [0.4, 0.5) is 0 Å². The predicted molar refractivity (Wildman–Crippen MR) is 97.2 cm³/mol. The van der Waals surface area contributed by atoms with Crippen molar-refractivity contribution in [2.24, 2.45) is 0 Å². The Balaban J connectivity index is 1.47. The fraction of sp³-hybridized carbons (Fsp3) is 0.0526. The monoisotopic (exact) mass is 349 g/mol. The summed E-state index contributed by atoms with van der Waals surface area (Å²) < 4.78 is 7.75. The lowest BCUT2D eigenvalue weighted by Gasteiger charge is -2.11. The Bertz CT molecular complexity index is 979. The Kier molecular flexibility index (Phi) is 4.18. The van der Waals surface area contributed by atoms with E-state index in [0.29, 0.717) is 12.2 Å². The summed E-state index contributed by atoms with van der Waals surface area (Å²) in [5.74, 6) is 1.28. The van der Waals surface area contributed by atoms with Crippen molar-refractivity contribution >= 4 is 22.2 Å². The highest BCUT2D eigenvalue weighted by Gasteiger charge is 2.12. The number of rotatable bonds is 5. The molecule has 0 radical (unpaired) electrons. The normalized spacial score (nSPS) is 10.7. The molecule has 0 saturated carbocycles. The Morgan fingerprint density at radius 1 is 1.12 bits per heavy atom. The fourth-order valence-corrected chi connectivity index (χ4v) is 3.17. The molecule has 0 aliphatic heterocycles. The second-order valence-corrected chi connectivity index (χ2v) is 6.30. The maximum Gasteiger partial charge on any atom is 0.271 e. The van der Waals surface area contributed by atoms with Crippen LogP contribution in [0.2, 0.25) is 0 Å². The van der Waals surface area contributed by atoms with E-state index in [-0.39, 0.29) is 5.91 Å². The van der Waals surface area contributed by atoms with Gasteiger partial charge >= 0.3 is 0 Å². The third-order valence-electron chi connectivity index (χ3n) is 3.71. The molecule has 5 nitrogen and oxygen atoms in total. The first-order valence-electron chi connectivity index (χ1n) is 7.81. The largest absolute Gasteiger partial charge is 0.457 e. The molecule has 0 bridgehead atoms. The minimum atomic E-state index is -0.203. The van der Waals surface area contributed by atoms with Gasteiger partial charge in [0.2, 0.25) is 0 Å². The molecular weight excluding hydrogens is 334 g/mol. The Hall–Kier alpha value is -3.12. The second kappa shape index (κ2) is 6.78. The topological polar surface area (TPSA) is 55.6 Å². The van der Waals surface area contributed by atoms with Gasteiger partial charge in [-0.15, -0.1) is 11.3 Å². The molecule has 4 aromatic rings. The van der Waals surface area contributed by atoms with Crippen molar-refractivity contribution in [1.82, 2.24) is 14.7 Å². The standard InChI is InChI=1S/C19H15N3O2S/c23-18(16-13-22-10-11-25-19(22)21-16)20-12-14-6-4-5-9-17(14)24-15-7-2-1-3-8-15/h1-11,13H,12H2,(H,20,23). The van der Waals surface area contributed by atoms with E-state index in [4.69, 9.17) is 4.74 Å². The van der Waals surface area contributed by atoms with E-state index in [9.17, 15) is 4.79 Å². The molecule has 0 aliphatic rings. The van der Waals surface area contributed by atoms with Crippen LogP contribution in [0.1, 0.15) is 16.1 Å². The summed E-state index contributed by atoms with van der Waals surface area (Å²) in [5, 5.41) is 4.83. The summed E-state index contributed by atoms with van der Waals surface area (Å²) >= 11 is 1.50. The highest BCUT2D eigenvalue weighted by Crippen LogP contribution is 2.25. The molecule has 0 spiro atoms. The molecule has 0 unspecified atom stereocenters. The molecule has 124 valence electrons. The SMILES string of the molecule is O=C(NCc1ccccc1Oc1ccccc1)c1cn2ccsc2n1. The van der Waals surface area contributed by atoms with Gasteiger partial charge in [-0.1, -0.05) is 36.4 Å². The van der Waals surface area contributed by atoms with E-state index < -0.39 is 0 Å². The molecule has 2 heterocycles. The number of aromatic nitrogens is 2. The number of nitrogens with one attached hydrogen (secondary N) is 1. The van der Waals surface area contributed by atoms with E-state index in [1.807, 2.05) is 70.6 Å². The van der Waals surface area contributed by atoms with Gasteiger partial charge in [0.15, 0.2) is 4.96 Å². The van der Waals surface area contributed by atoms with Gasteiger partial charge in [0, 0.05) is 29.9 Å². The minimum Gasteiger partial charge on any atom is -0.457 e. The van der Waals surface area contributed by atoms with E-state index >= 15 is 0 Å². The van der Waals surface area contributed by atoms with Gasteiger partial charge in [-0.2, -0.15) is 0 Å². The number of carbonyl (C=O) groups is 1. The number of ether oxygens (including phenoxy) is 1. The van der Waals surface area contributed by atoms with Crippen LogP contribution in [0, 0.1) is 0 Å². The molecule has 25 heavy (non-hydrogen) atoms. The fourth-order valence-electron chi connectivity index (χ4n) is 2.47. The minimum absolute atomic E-state index is 0.203. The lowest BCUT2D eigenvalue weighted by Crippen LogP contribution is -2.23. The second-order valence-electron chi connectivity index (χ2n) is 5.42. The Morgan fingerprint density at radius 3 is 2.76 bits per heavy atom. The number of imidazole rings is 1. The number of hydrogen-bond donors (Lipinski definition) is 1. The zero-order chi connectivity index (χ0) is 17.1. The predicted octanol–water partition coefficient (Wildman–Crippen LogP) is 4.12. The van der Waals surface area contributed by atoms with Gasteiger partial charge in [-0.25, -0.2) is 4.98 Å². The van der Waals surface area contributed by atoms with Crippen molar-refractivity contribution in [2.75, 3.05) is 0 Å². The number of thiazole rings is 1. The molecule has 2 aromatic carbocycles. The smallest absolute Gasteiger partial charge is 0.271 e. The van der Waals surface area contributed by atoms with Gasteiger partial charge in [0.05, 0.1) is 0 Å². The Morgan fingerprint density at radius 2 is 1.92 bits per heavy atom. The molecule has 0 fully saturated rings. The maximum absolute atomic E-state index is 12.3. The molecular formula is C19H15N3O2S. The summed E-state index contributed by atoms with van der Waals surface area (Å²) in [4.78, 5) is 17.4. The molecule has 6 heteroatoms. The molecule has 1 amide bonds. The summed E-state index contributed by atoms with van der Waals surface area (Å²) in [5.41, 5.74) is 1.31. The van der Waals surface area contributed by atoms with Crippen LogP contribution < -0.4 is 10.1 Å². The van der Waals surface area contributed by atoms with E-state index in [0.717, 1.165) is 22.0 Å². The van der Waals surface area contributed by atoms with Crippen molar-refractivity contribution in [3.63, 3.8) is 0 Å². The molecule has 0 aliphatic carbocycles. The van der Waals surface area contributed by atoms with Crippen LogP contribution in [-0.2, 0) is 6.54 Å². The van der Waals surface area contributed by atoms with Gasteiger partial charge in [-0.3, -0.25) is 9.20 Å². The summed E-state index contributed by atoms with van der Waals surface area (Å²) in [6, 6.07) is 17.2. The van der Waals surface area contributed by atoms with Crippen LogP contribution in [0.3, 0.4) is 0 Å². The summed E-state index contributed by atoms with van der Waals surface area (Å²) in [6.07, 6.45) is 3.61. The van der Waals surface area contributed by atoms with Crippen LogP contribution >= 0.6 is 11.3 Å². The van der Waals surface area contributed by atoms with Crippen molar-refractivity contribution in [2.45, 2.75) is 6.54 Å². The van der Waals surface area contributed by atoms with Gasteiger partial charge in [0.25, 0.3) is 5.91 Å². The third kappa shape index (κ3) is 3.39. The van der Waals surface area contributed by atoms with Crippen molar-refractivity contribution in [3.05, 3.63) is 83.6 Å².